The molecule has 0 spiro atoms. The van der Waals surface area contributed by atoms with E-state index in [1.807, 2.05) is 18.2 Å². The summed E-state index contributed by atoms with van der Waals surface area (Å²) in [5, 5.41) is 8.90. The fraction of sp³-hybridized carbons (Fsp3) is 0.417. The van der Waals surface area contributed by atoms with Gasteiger partial charge >= 0.3 is 5.97 Å². The molecule has 1 aromatic carbocycles. The van der Waals surface area contributed by atoms with Gasteiger partial charge < -0.3 is 10.0 Å². The first-order chi connectivity index (χ1) is 7.27. The Labute approximate surface area is 88.3 Å². The van der Waals surface area contributed by atoms with Crippen molar-refractivity contribution in [3.05, 3.63) is 30.3 Å². The van der Waals surface area contributed by atoms with Crippen LogP contribution in [0.4, 0.5) is 5.69 Å². The fourth-order valence-electron chi connectivity index (χ4n) is 2.74. The van der Waals surface area contributed by atoms with Crippen LogP contribution in [0.2, 0.25) is 0 Å². The number of anilines is 1. The second-order valence-electron chi connectivity index (χ2n) is 4.43. The van der Waals surface area contributed by atoms with Gasteiger partial charge in [-0.25, -0.2) is 0 Å². The predicted octanol–water partition coefficient (Wildman–Crippen LogP) is 1.45. The van der Waals surface area contributed by atoms with E-state index in [2.05, 4.69) is 17.0 Å². The monoisotopic (exact) mass is 203 g/mol. The van der Waals surface area contributed by atoms with Crippen molar-refractivity contribution in [1.29, 1.82) is 0 Å². The van der Waals surface area contributed by atoms with E-state index in [0.29, 0.717) is 11.8 Å². The van der Waals surface area contributed by atoms with E-state index in [4.69, 9.17) is 5.11 Å². The highest BCUT2D eigenvalue weighted by Gasteiger charge is 2.59. The molecule has 3 nitrogen and oxygen atoms in total. The lowest BCUT2D eigenvalue weighted by Gasteiger charge is -2.21. The van der Waals surface area contributed by atoms with Crippen LogP contribution >= 0.6 is 0 Å². The quantitative estimate of drug-likeness (QED) is 0.791. The zero-order chi connectivity index (χ0) is 10.4. The maximum absolute atomic E-state index is 10.8. The lowest BCUT2D eigenvalue weighted by atomic mass is 10.2. The molecule has 1 N–H and O–H groups in total. The molecule has 1 aliphatic heterocycles. The van der Waals surface area contributed by atoms with E-state index in [1.54, 1.807) is 0 Å². The second-order valence-corrected chi connectivity index (χ2v) is 4.43. The standard InChI is InChI=1S/C12H13NO2/c14-12(15)11-9-6-13(7-10(9)11)8-4-2-1-3-5-8/h1-5,9-11H,6-7H2,(H,14,15)/t9-,10+,11?. The molecule has 1 saturated carbocycles. The molecule has 1 heterocycles. The topological polar surface area (TPSA) is 40.5 Å². The number of para-hydroxylation sites is 1. The number of carbonyl (C=O) groups is 1. The molecule has 1 aliphatic carbocycles. The Bertz CT molecular complexity index is 378. The number of rotatable bonds is 2. The summed E-state index contributed by atoms with van der Waals surface area (Å²) >= 11 is 0. The molecule has 1 unspecified atom stereocenters. The first-order valence-electron chi connectivity index (χ1n) is 5.30. The van der Waals surface area contributed by atoms with Gasteiger partial charge in [-0.2, -0.15) is 0 Å². The van der Waals surface area contributed by atoms with Crippen LogP contribution in [0.15, 0.2) is 30.3 Å². The van der Waals surface area contributed by atoms with Crippen molar-refractivity contribution in [2.75, 3.05) is 18.0 Å². The van der Waals surface area contributed by atoms with E-state index < -0.39 is 5.97 Å². The number of nitrogens with zero attached hydrogens (tertiary/aromatic N) is 1. The first-order valence-corrected chi connectivity index (χ1v) is 5.30. The van der Waals surface area contributed by atoms with Crippen molar-refractivity contribution in [2.24, 2.45) is 17.8 Å². The fourth-order valence-corrected chi connectivity index (χ4v) is 2.74. The van der Waals surface area contributed by atoms with E-state index >= 15 is 0 Å². The van der Waals surface area contributed by atoms with Crippen LogP contribution in [0.25, 0.3) is 0 Å². The van der Waals surface area contributed by atoms with E-state index in [-0.39, 0.29) is 5.92 Å². The largest absolute Gasteiger partial charge is 0.481 e. The number of hydrogen-bond acceptors (Lipinski definition) is 2. The molecule has 2 aliphatic rings. The maximum Gasteiger partial charge on any atom is 0.307 e. The highest BCUT2D eigenvalue weighted by Crippen LogP contribution is 2.52. The molecular weight excluding hydrogens is 190 g/mol. The normalized spacial score (nSPS) is 32.5. The molecule has 0 radical (unpaired) electrons. The van der Waals surface area contributed by atoms with Crippen LogP contribution in [-0.4, -0.2) is 24.2 Å². The Hall–Kier alpha value is -1.51. The summed E-state index contributed by atoms with van der Waals surface area (Å²) < 4.78 is 0. The lowest BCUT2D eigenvalue weighted by molar-refractivity contribution is -0.139. The Morgan fingerprint density at radius 3 is 2.33 bits per heavy atom. The lowest BCUT2D eigenvalue weighted by Crippen LogP contribution is -2.25. The van der Waals surface area contributed by atoms with Gasteiger partial charge in [0.15, 0.2) is 0 Å². The van der Waals surface area contributed by atoms with Gasteiger partial charge in [0.05, 0.1) is 5.92 Å². The maximum atomic E-state index is 10.8. The van der Waals surface area contributed by atoms with Crippen molar-refractivity contribution >= 4 is 11.7 Å². The average Bonchev–Trinajstić information content (AvgIpc) is 2.77. The number of carboxylic acids is 1. The molecule has 2 fully saturated rings. The van der Waals surface area contributed by atoms with Crippen LogP contribution in [0.3, 0.4) is 0 Å². The summed E-state index contributed by atoms with van der Waals surface area (Å²) in [5.41, 5.74) is 1.22. The minimum Gasteiger partial charge on any atom is -0.481 e. The second kappa shape index (κ2) is 2.99. The molecule has 0 aromatic heterocycles. The molecule has 78 valence electrons. The molecule has 3 atom stereocenters. The van der Waals surface area contributed by atoms with Gasteiger partial charge in [0.25, 0.3) is 0 Å². The number of hydrogen-bond donors (Lipinski definition) is 1. The van der Waals surface area contributed by atoms with Gasteiger partial charge in [0.2, 0.25) is 0 Å². The third-order valence-corrected chi connectivity index (χ3v) is 3.60. The molecule has 0 amide bonds. The molecule has 1 saturated heterocycles. The SMILES string of the molecule is O=C(O)C1[C@H]2CN(c3ccccc3)C[C@@H]12. The summed E-state index contributed by atoms with van der Waals surface area (Å²) in [7, 11) is 0. The Kier molecular flexibility index (Phi) is 1.75. The molecule has 3 rings (SSSR count). The highest BCUT2D eigenvalue weighted by atomic mass is 16.4. The summed E-state index contributed by atoms with van der Waals surface area (Å²) in [6, 6.07) is 10.2. The van der Waals surface area contributed by atoms with Gasteiger partial charge in [0.1, 0.15) is 0 Å². The smallest absolute Gasteiger partial charge is 0.307 e. The van der Waals surface area contributed by atoms with Crippen LogP contribution in [0.5, 0.6) is 0 Å². The third-order valence-electron chi connectivity index (χ3n) is 3.60. The summed E-state index contributed by atoms with van der Waals surface area (Å²) in [6.45, 7) is 1.82. The third kappa shape index (κ3) is 1.30. The number of carboxylic acid groups (broad SMARTS) is 1. The molecule has 0 bridgehead atoms. The zero-order valence-electron chi connectivity index (χ0n) is 8.34. The molecule has 1 aromatic rings. The van der Waals surface area contributed by atoms with E-state index in [9.17, 15) is 4.79 Å². The summed E-state index contributed by atoms with van der Waals surface area (Å²) in [5.74, 6) is 0.105. The Balaban J connectivity index is 1.70. The number of piperidine rings is 1. The van der Waals surface area contributed by atoms with Gasteiger partial charge in [0, 0.05) is 18.8 Å². The van der Waals surface area contributed by atoms with Crippen LogP contribution < -0.4 is 4.90 Å². The number of fused-ring (bicyclic) bond motifs is 1. The van der Waals surface area contributed by atoms with Crippen LogP contribution in [-0.2, 0) is 4.79 Å². The molecular formula is C12H13NO2. The van der Waals surface area contributed by atoms with Crippen molar-refractivity contribution in [3.8, 4) is 0 Å². The zero-order valence-corrected chi connectivity index (χ0v) is 8.34. The average molecular weight is 203 g/mol. The van der Waals surface area contributed by atoms with Crippen molar-refractivity contribution < 1.29 is 9.90 Å². The minimum atomic E-state index is -0.613. The highest BCUT2D eigenvalue weighted by molar-refractivity contribution is 5.75. The summed E-state index contributed by atoms with van der Waals surface area (Å²) in [6.07, 6.45) is 0. The predicted molar refractivity (Wildman–Crippen MR) is 56.8 cm³/mol. The first kappa shape index (κ1) is 8.77. The van der Waals surface area contributed by atoms with Gasteiger partial charge in [-0.1, -0.05) is 18.2 Å². The van der Waals surface area contributed by atoms with Gasteiger partial charge in [-0.3, -0.25) is 4.79 Å². The molecule has 3 heteroatoms. The van der Waals surface area contributed by atoms with Gasteiger partial charge in [-0.05, 0) is 24.0 Å². The van der Waals surface area contributed by atoms with Crippen molar-refractivity contribution in [3.63, 3.8) is 0 Å². The minimum absolute atomic E-state index is 0.0648. The summed E-state index contributed by atoms with van der Waals surface area (Å²) in [4.78, 5) is 13.1. The van der Waals surface area contributed by atoms with E-state index in [1.165, 1.54) is 5.69 Å². The van der Waals surface area contributed by atoms with E-state index in [0.717, 1.165) is 13.1 Å². The molecule has 15 heavy (non-hydrogen) atoms. The number of aliphatic carboxylic acids is 1. The van der Waals surface area contributed by atoms with Crippen LogP contribution in [0, 0.1) is 17.8 Å². The Morgan fingerprint density at radius 1 is 1.20 bits per heavy atom. The van der Waals surface area contributed by atoms with Crippen molar-refractivity contribution in [2.45, 2.75) is 0 Å². The number of benzene rings is 1. The van der Waals surface area contributed by atoms with Gasteiger partial charge in [-0.15, -0.1) is 0 Å². The Morgan fingerprint density at radius 2 is 1.80 bits per heavy atom. The van der Waals surface area contributed by atoms with Crippen molar-refractivity contribution in [1.82, 2.24) is 0 Å². The van der Waals surface area contributed by atoms with Crippen LogP contribution in [0.1, 0.15) is 0 Å².